The van der Waals surface area contributed by atoms with E-state index in [1.807, 2.05) is 38.1 Å². The predicted molar refractivity (Wildman–Crippen MR) is 102 cm³/mol. The lowest BCUT2D eigenvalue weighted by molar-refractivity contribution is -0.124. The maximum absolute atomic E-state index is 12.5. The number of ether oxygens (including phenoxy) is 2. The summed E-state index contributed by atoms with van der Waals surface area (Å²) < 4.78 is 10.4. The number of hydrogen-bond acceptors (Lipinski definition) is 4. The third-order valence-corrected chi connectivity index (χ3v) is 4.04. The SMILES string of the molecule is CCC(C)C(NC(=O)OC(C)(C)C)C(=O)NCCc1ccc(OC)cc1. The maximum Gasteiger partial charge on any atom is 0.408 e. The van der Waals surface area contributed by atoms with Crippen molar-refractivity contribution in [2.24, 2.45) is 5.92 Å². The van der Waals surface area contributed by atoms with Gasteiger partial charge in [0, 0.05) is 6.54 Å². The molecule has 0 aliphatic rings. The molecule has 2 unspecified atom stereocenters. The second-order valence-electron chi connectivity index (χ2n) is 7.40. The number of amides is 2. The summed E-state index contributed by atoms with van der Waals surface area (Å²) in [5.41, 5.74) is 0.501. The Kier molecular flexibility index (Phi) is 8.42. The van der Waals surface area contributed by atoms with Crippen LogP contribution in [0.15, 0.2) is 24.3 Å². The lowest BCUT2D eigenvalue weighted by Gasteiger charge is -2.26. The lowest BCUT2D eigenvalue weighted by Crippen LogP contribution is -2.51. The molecule has 6 nitrogen and oxygen atoms in total. The number of carbonyl (C=O) groups is 2. The summed E-state index contributed by atoms with van der Waals surface area (Å²) >= 11 is 0. The summed E-state index contributed by atoms with van der Waals surface area (Å²) in [7, 11) is 1.63. The van der Waals surface area contributed by atoms with Gasteiger partial charge in [-0.05, 0) is 50.8 Å². The second-order valence-corrected chi connectivity index (χ2v) is 7.40. The number of alkyl carbamates (subject to hydrolysis) is 1. The number of benzene rings is 1. The molecule has 0 saturated carbocycles. The van der Waals surface area contributed by atoms with Crippen molar-refractivity contribution in [3.8, 4) is 5.75 Å². The predicted octanol–water partition coefficient (Wildman–Crippen LogP) is 3.29. The highest BCUT2D eigenvalue weighted by Gasteiger charge is 2.27. The van der Waals surface area contributed by atoms with E-state index in [9.17, 15) is 9.59 Å². The molecule has 1 rings (SSSR count). The van der Waals surface area contributed by atoms with Crippen LogP contribution in [0.2, 0.25) is 0 Å². The number of methoxy groups -OCH3 is 1. The van der Waals surface area contributed by atoms with Gasteiger partial charge in [-0.15, -0.1) is 0 Å². The zero-order valence-electron chi connectivity index (χ0n) is 16.7. The summed E-state index contributed by atoms with van der Waals surface area (Å²) in [6, 6.07) is 7.10. The average molecular weight is 364 g/mol. The Hall–Kier alpha value is -2.24. The topological polar surface area (TPSA) is 76.7 Å². The molecular formula is C20H32N2O4. The van der Waals surface area contributed by atoms with Crippen LogP contribution in [0, 0.1) is 5.92 Å². The van der Waals surface area contributed by atoms with Gasteiger partial charge in [-0.3, -0.25) is 4.79 Å². The molecular weight excluding hydrogens is 332 g/mol. The Bertz CT molecular complexity index is 578. The third-order valence-electron chi connectivity index (χ3n) is 4.04. The van der Waals surface area contributed by atoms with Crippen molar-refractivity contribution in [2.45, 2.75) is 59.1 Å². The summed E-state index contributed by atoms with van der Waals surface area (Å²) in [6.07, 6.45) is 0.898. The van der Waals surface area contributed by atoms with Crippen LogP contribution in [-0.4, -0.2) is 37.3 Å². The quantitative estimate of drug-likeness (QED) is 0.742. The van der Waals surface area contributed by atoms with E-state index in [0.717, 1.165) is 17.7 Å². The summed E-state index contributed by atoms with van der Waals surface area (Å²) in [5, 5.41) is 5.60. The summed E-state index contributed by atoms with van der Waals surface area (Å²) in [6.45, 7) is 9.79. The van der Waals surface area contributed by atoms with Crippen molar-refractivity contribution in [1.29, 1.82) is 0 Å². The fourth-order valence-corrected chi connectivity index (χ4v) is 2.37. The van der Waals surface area contributed by atoms with Crippen molar-refractivity contribution < 1.29 is 19.1 Å². The molecule has 0 saturated heterocycles. The molecule has 0 bridgehead atoms. The van der Waals surface area contributed by atoms with Crippen LogP contribution < -0.4 is 15.4 Å². The van der Waals surface area contributed by atoms with E-state index in [-0.39, 0.29) is 11.8 Å². The Morgan fingerprint density at radius 3 is 2.27 bits per heavy atom. The Labute approximate surface area is 156 Å². The standard InChI is InChI=1S/C20H32N2O4/c1-7-14(2)17(22-19(24)26-20(3,4)5)18(23)21-13-12-15-8-10-16(25-6)11-9-15/h8-11,14,17H,7,12-13H2,1-6H3,(H,21,23)(H,22,24). The number of nitrogens with one attached hydrogen (secondary N) is 2. The highest BCUT2D eigenvalue weighted by molar-refractivity contribution is 5.85. The maximum atomic E-state index is 12.5. The van der Waals surface area contributed by atoms with Gasteiger partial charge in [0.1, 0.15) is 17.4 Å². The van der Waals surface area contributed by atoms with Crippen LogP contribution in [0.25, 0.3) is 0 Å². The van der Waals surface area contributed by atoms with Crippen molar-refractivity contribution >= 4 is 12.0 Å². The Morgan fingerprint density at radius 2 is 1.77 bits per heavy atom. The molecule has 1 aromatic carbocycles. The minimum Gasteiger partial charge on any atom is -0.497 e. The molecule has 6 heteroatoms. The number of hydrogen-bond donors (Lipinski definition) is 2. The first kappa shape index (κ1) is 21.8. The van der Waals surface area contributed by atoms with E-state index >= 15 is 0 Å². The Morgan fingerprint density at radius 1 is 1.15 bits per heavy atom. The molecule has 26 heavy (non-hydrogen) atoms. The molecule has 0 fully saturated rings. The van der Waals surface area contributed by atoms with E-state index in [0.29, 0.717) is 13.0 Å². The summed E-state index contributed by atoms with van der Waals surface area (Å²) in [5.74, 6) is 0.610. The molecule has 2 N–H and O–H groups in total. The van der Waals surface area contributed by atoms with Gasteiger partial charge in [0.2, 0.25) is 5.91 Å². The first-order valence-corrected chi connectivity index (χ1v) is 9.06. The number of rotatable bonds is 8. The first-order chi connectivity index (χ1) is 12.2. The molecule has 0 radical (unpaired) electrons. The van der Waals surface area contributed by atoms with Crippen LogP contribution in [0.5, 0.6) is 5.75 Å². The van der Waals surface area contributed by atoms with Crippen molar-refractivity contribution in [3.05, 3.63) is 29.8 Å². The van der Waals surface area contributed by atoms with E-state index in [4.69, 9.17) is 9.47 Å². The minimum atomic E-state index is -0.620. The van der Waals surface area contributed by atoms with E-state index in [1.54, 1.807) is 27.9 Å². The van der Waals surface area contributed by atoms with Crippen molar-refractivity contribution in [2.75, 3.05) is 13.7 Å². The van der Waals surface area contributed by atoms with Gasteiger partial charge in [0.25, 0.3) is 0 Å². The first-order valence-electron chi connectivity index (χ1n) is 9.06. The van der Waals surface area contributed by atoms with E-state index < -0.39 is 17.7 Å². The van der Waals surface area contributed by atoms with Gasteiger partial charge in [0.05, 0.1) is 7.11 Å². The van der Waals surface area contributed by atoms with Crippen LogP contribution in [0.4, 0.5) is 4.79 Å². The lowest BCUT2D eigenvalue weighted by atomic mass is 9.98. The van der Waals surface area contributed by atoms with Crippen molar-refractivity contribution in [3.63, 3.8) is 0 Å². The molecule has 0 aromatic heterocycles. The van der Waals surface area contributed by atoms with Crippen LogP contribution >= 0.6 is 0 Å². The molecule has 146 valence electrons. The monoisotopic (exact) mass is 364 g/mol. The second kappa shape index (κ2) is 10.0. The van der Waals surface area contributed by atoms with Crippen LogP contribution in [-0.2, 0) is 16.0 Å². The van der Waals surface area contributed by atoms with Gasteiger partial charge >= 0.3 is 6.09 Å². The molecule has 0 aliphatic carbocycles. The zero-order chi connectivity index (χ0) is 19.7. The zero-order valence-corrected chi connectivity index (χ0v) is 16.7. The molecule has 0 spiro atoms. The highest BCUT2D eigenvalue weighted by atomic mass is 16.6. The molecule has 2 amide bonds. The van der Waals surface area contributed by atoms with Crippen molar-refractivity contribution in [1.82, 2.24) is 10.6 Å². The molecule has 0 aliphatic heterocycles. The minimum absolute atomic E-state index is 0.00325. The number of carbonyl (C=O) groups excluding carboxylic acids is 2. The molecule has 2 atom stereocenters. The smallest absolute Gasteiger partial charge is 0.408 e. The normalized spacial score (nSPS) is 13.5. The highest BCUT2D eigenvalue weighted by Crippen LogP contribution is 2.13. The van der Waals surface area contributed by atoms with Gasteiger partial charge < -0.3 is 20.1 Å². The van der Waals surface area contributed by atoms with Gasteiger partial charge in [-0.1, -0.05) is 32.4 Å². The molecule has 1 aromatic rings. The molecule has 0 heterocycles. The van der Waals surface area contributed by atoms with Gasteiger partial charge in [-0.2, -0.15) is 0 Å². The van der Waals surface area contributed by atoms with Gasteiger partial charge in [-0.25, -0.2) is 4.79 Å². The van der Waals surface area contributed by atoms with E-state index in [1.165, 1.54) is 0 Å². The summed E-state index contributed by atoms with van der Waals surface area (Å²) in [4.78, 5) is 24.6. The largest absolute Gasteiger partial charge is 0.497 e. The average Bonchev–Trinajstić information content (AvgIpc) is 2.58. The Balaban J connectivity index is 2.58. The van der Waals surface area contributed by atoms with Gasteiger partial charge in [0.15, 0.2) is 0 Å². The fourth-order valence-electron chi connectivity index (χ4n) is 2.37. The van der Waals surface area contributed by atoms with E-state index in [2.05, 4.69) is 10.6 Å². The fraction of sp³-hybridized carbons (Fsp3) is 0.600. The van der Waals surface area contributed by atoms with Crippen LogP contribution in [0.3, 0.4) is 0 Å². The third kappa shape index (κ3) is 7.76. The van der Waals surface area contributed by atoms with Crippen LogP contribution in [0.1, 0.15) is 46.6 Å².